The van der Waals surface area contributed by atoms with Gasteiger partial charge in [-0.05, 0) is 37.0 Å². The smallest absolute Gasteiger partial charge is 0.338 e. The first-order valence-corrected chi connectivity index (χ1v) is 7.03. The summed E-state index contributed by atoms with van der Waals surface area (Å²) >= 11 is 0. The van der Waals surface area contributed by atoms with Crippen LogP contribution in [0.5, 0.6) is 0 Å². The van der Waals surface area contributed by atoms with Gasteiger partial charge in [-0.3, -0.25) is 14.8 Å². The number of rotatable bonds is 3. The van der Waals surface area contributed by atoms with Gasteiger partial charge in [0, 0.05) is 0 Å². The lowest BCUT2D eigenvalue weighted by Crippen LogP contribution is -2.25. The maximum Gasteiger partial charge on any atom is 0.338 e. The van der Waals surface area contributed by atoms with Gasteiger partial charge in [0.15, 0.2) is 0 Å². The third kappa shape index (κ3) is 3.17. The van der Waals surface area contributed by atoms with Crippen molar-refractivity contribution in [3.63, 3.8) is 0 Å². The number of fused-ring (bicyclic) bond motifs is 1. The molecular formula is C16H19NO5. The highest BCUT2D eigenvalue weighted by Crippen LogP contribution is 2.25. The summed E-state index contributed by atoms with van der Waals surface area (Å²) in [6, 6.07) is 4.03. The Morgan fingerprint density at radius 2 is 1.82 bits per heavy atom. The predicted octanol–water partition coefficient (Wildman–Crippen LogP) is 2.65. The van der Waals surface area contributed by atoms with Crippen LogP contribution in [0.4, 0.5) is 0 Å². The van der Waals surface area contributed by atoms with Gasteiger partial charge >= 0.3 is 5.97 Å². The van der Waals surface area contributed by atoms with Gasteiger partial charge in [0.2, 0.25) is 0 Å². The van der Waals surface area contributed by atoms with Gasteiger partial charge in [-0.1, -0.05) is 20.8 Å². The molecule has 2 rings (SSSR count). The molecule has 1 aromatic rings. The molecule has 6 heteroatoms. The Balaban J connectivity index is 2.16. The van der Waals surface area contributed by atoms with Crippen molar-refractivity contribution in [2.24, 2.45) is 5.41 Å². The highest BCUT2D eigenvalue weighted by molar-refractivity contribution is 6.20. The zero-order valence-electron chi connectivity index (χ0n) is 13.0. The van der Waals surface area contributed by atoms with E-state index in [0.717, 1.165) is 0 Å². The lowest BCUT2D eigenvalue weighted by molar-refractivity contribution is -0.0327. The lowest BCUT2D eigenvalue weighted by atomic mass is 9.90. The first kappa shape index (κ1) is 16.2. The van der Waals surface area contributed by atoms with E-state index in [1.54, 1.807) is 6.92 Å². The predicted molar refractivity (Wildman–Crippen MR) is 77.7 cm³/mol. The monoisotopic (exact) mass is 305 g/mol. The second-order valence-electron chi connectivity index (χ2n) is 6.66. The van der Waals surface area contributed by atoms with Gasteiger partial charge in [0.05, 0.1) is 22.8 Å². The van der Waals surface area contributed by atoms with Gasteiger partial charge in [-0.2, -0.15) is 0 Å². The number of benzene rings is 1. The van der Waals surface area contributed by atoms with Crippen molar-refractivity contribution in [3.05, 3.63) is 34.9 Å². The molecule has 6 nitrogen and oxygen atoms in total. The van der Waals surface area contributed by atoms with Crippen molar-refractivity contribution in [3.8, 4) is 0 Å². The molecule has 1 N–H and O–H groups in total. The molecule has 0 saturated heterocycles. The van der Waals surface area contributed by atoms with Gasteiger partial charge in [0.25, 0.3) is 11.8 Å². The van der Waals surface area contributed by atoms with Crippen LogP contribution in [0, 0.1) is 5.41 Å². The fraction of sp³-hybridized carbons (Fsp3) is 0.438. The number of nitrogens with zero attached hydrogens (tertiary/aromatic N) is 1. The van der Waals surface area contributed by atoms with Crippen LogP contribution in [0.15, 0.2) is 18.2 Å². The summed E-state index contributed by atoms with van der Waals surface area (Å²) in [4.78, 5) is 35.4. The molecule has 0 saturated carbocycles. The summed E-state index contributed by atoms with van der Waals surface area (Å²) in [5.74, 6) is -2.19. The summed E-state index contributed by atoms with van der Waals surface area (Å²) in [7, 11) is 0. The Labute approximate surface area is 128 Å². The van der Waals surface area contributed by atoms with Crippen LogP contribution in [0.1, 0.15) is 65.2 Å². The van der Waals surface area contributed by atoms with E-state index in [1.165, 1.54) is 18.2 Å². The Morgan fingerprint density at radius 1 is 1.23 bits per heavy atom. The van der Waals surface area contributed by atoms with Crippen molar-refractivity contribution in [2.45, 2.75) is 40.2 Å². The third-order valence-corrected chi connectivity index (χ3v) is 3.31. The molecule has 1 aliphatic rings. The summed E-state index contributed by atoms with van der Waals surface area (Å²) in [5, 5.41) is 9.35. The SMILES string of the molecule is CC(CC(C)(C)C)OC(=O)c1ccc2c(c1)C(=O)N(O)C2=O. The maximum absolute atomic E-state index is 12.1. The fourth-order valence-electron chi connectivity index (χ4n) is 2.51. The molecule has 0 aromatic heterocycles. The van der Waals surface area contributed by atoms with Crippen LogP contribution in [0.3, 0.4) is 0 Å². The number of esters is 1. The molecular weight excluding hydrogens is 286 g/mol. The molecule has 0 bridgehead atoms. The third-order valence-electron chi connectivity index (χ3n) is 3.31. The van der Waals surface area contributed by atoms with E-state index >= 15 is 0 Å². The molecule has 1 atom stereocenters. The van der Waals surface area contributed by atoms with Gasteiger partial charge in [0.1, 0.15) is 0 Å². The van der Waals surface area contributed by atoms with E-state index in [1.807, 2.05) is 20.8 Å². The number of amides is 2. The largest absolute Gasteiger partial charge is 0.459 e. The van der Waals surface area contributed by atoms with Crippen molar-refractivity contribution in [1.29, 1.82) is 0 Å². The zero-order chi connectivity index (χ0) is 16.7. The molecule has 1 unspecified atom stereocenters. The minimum absolute atomic E-state index is 0.00502. The number of hydroxylamine groups is 2. The average molecular weight is 305 g/mol. The first-order chi connectivity index (χ1) is 10.1. The van der Waals surface area contributed by atoms with Crippen molar-refractivity contribution < 1.29 is 24.3 Å². The molecule has 1 aliphatic heterocycles. The number of hydrogen-bond acceptors (Lipinski definition) is 5. The van der Waals surface area contributed by atoms with E-state index < -0.39 is 17.8 Å². The van der Waals surface area contributed by atoms with Crippen LogP contribution in [-0.4, -0.2) is 34.2 Å². The standard InChI is InChI=1S/C16H19NO5/c1-9(8-16(2,3)4)22-15(20)10-5-6-11-12(7-10)14(19)17(21)13(11)18/h5-7,9,21H,8H2,1-4H3. The summed E-state index contributed by atoms with van der Waals surface area (Å²) in [6.45, 7) is 7.95. The quantitative estimate of drug-likeness (QED) is 0.527. The molecule has 118 valence electrons. The molecule has 2 amide bonds. The van der Waals surface area contributed by atoms with Crippen LogP contribution in [-0.2, 0) is 4.74 Å². The van der Waals surface area contributed by atoms with E-state index in [4.69, 9.17) is 4.74 Å². The Kier molecular flexibility index (Phi) is 4.06. The number of carbonyl (C=O) groups excluding carboxylic acids is 3. The zero-order valence-corrected chi connectivity index (χ0v) is 13.0. The number of carbonyl (C=O) groups is 3. The Morgan fingerprint density at radius 3 is 2.41 bits per heavy atom. The minimum Gasteiger partial charge on any atom is -0.459 e. The Hall–Kier alpha value is -2.21. The highest BCUT2D eigenvalue weighted by Gasteiger charge is 2.35. The van der Waals surface area contributed by atoms with Crippen molar-refractivity contribution in [2.75, 3.05) is 0 Å². The van der Waals surface area contributed by atoms with Crippen molar-refractivity contribution in [1.82, 2.24) is 5.06 Å². The normalized spacial score (nSPS) is 15.8. The number of hydrogen-bond donors (Lipinski definition) is 1. The summed E-state index contributed by atoms with van der Waals surface area (Å²) in [5.41, 5.74) is 0.283. The van der Waals surface area contributed by atoms with Crippen LogP contribution in [0.2, 0.25) is 0 Å². The average Bonchev–Trinajstić information content (AvgIpc) is 2.61. The molecule has 22 heavy (non-hydrogen) atoms. The molecule has 0 aliphatic carbocycles. The highest BCUT2D eigenvalue weighted by atomic mass is 16.5. The number of ether oxygens (including phenoxy) is 1. The van der Waals surface area contributed by atoms with Gasteiger partial charge < -0.3 is 4.74 Å². The fourth-order valence-corrected chi connectivity index (χ4v) is 2.51. The molecule has 0 radical (unpaired) electrons. The van der Waals surface area contributed by atoms with Crippen LogP contribution in [0.25, 0.3) is 0 Å². The van der Waals surface area contributed by atoms with Gasteiger partial charge in [-0.25, -0.2) is 4.79 Å². The topological polar surface area (TPSA) is 83.9 Å². The van der Waals surface area contributed by atoms with Crippen molar-refractivity contribution >= 4 is 17.8 Å². The Bertz CT molecular complexity index is 644. The lowest BCUT2D eigenvalue weighted by Gasteiger charge is -2.23. The van der Waals surface area contributed by atoms with E-state index in [9.17, 15) is 19.6 Å². The van der Waals surface area contributed by atoms with Gasteiger partial charge in [-0.15, -0.1) is 5.06 Å². The molecule has 1 aromatic carbocycles. The molecule has 1 heterocycles. The minimum atomic E-state index is -0.836. The summed E-state index contributed by atoms with van der Waals surface area (Å²) in [6.07, 6.45) is 0.429. The maximum atomic E-state index is 12.1. The molecule has 0 fully saturated rings. The van der Waals surface area contributed by atoms with Crippen LogP contribution >= 0.6 is 0 Å². The van der Waals surface area contributed by atoms with E-state index in [2.05, 4.69) is 0 Å². The first-order valence-electron chi connectivity index (χ1n) is 7.03. The second-order valence-corrected chi connectivity index (χ2v) is 6.66. The van der Waals surface area contributed by atoms with E-state index in [0.29, 0.717) is 6.42 Å². The number of imide groups is 1. The van der Waals surface area contributed by atoms with E-state index in [-0.39, 0.29) is 33.3 Å². The summed E-state index contributed by atoms with van der Waals surface area (Å²) < 4.78 is 5.35. The molecule has 0 spiro atoms. The second kappa shape index (κ2) is 5.53. The van der Waals surface area contributed by atoms with Crippen LogP contribution < -0.4 is 0 Å².